The molecule has 0 aromatic carbocycles. The lowest BCUT2D eigenvalue weighted by Gasteiger charge is -2.16. The fraction of sp³-hybridized carbons (Fsp3) is 0.462. The van der Waals surface area contributed by atoms with Crippen LogP contribution in [0.5, 0.6) is 0 Å². The molecule has 0 spiro atoms. The molecule has 0 unspecified atom stereocenters. The second-order valence-corrected chi connectivity index (χ2v) is 6.01. The lowest BCUT2D eigenvalue weighted by molar-refractivity contribution is -0.130. The van der Waals surface area contributed by atoms with Crippen molar-refractivity contribution in [1.29, 1.82) is 0 Å². The SMILES string of the molecule is O=C(Cn1c(CCl)nc2cc(Br)cnc21)N1CCCC1. The maximum atomic E-state index is 12.3. The third kappa shape index (κ3) is 2.54. The van der Waals surface area contributed by atoms with Gasteiger partial charge in [0, 0.05) is 23.8 Å². The Labute approximate surface area is 130 Å². The van der Waals surface area contributed by atoms with Crippen LogP contribution in [0.3, 0.4) is 0 Å². The Hall–Kier alpha value is -1.14. The summed E-state index contributed by atoms with van der Waals surface area (Å²) in [4.78, 5) is 23.0. The number of fused-ring (bicyclic) bond motifs is 1. The molecule has 1 saturated heterocycles. The van der Waals surface area contributed by atoms with Gasteiger partial charge in [0.2, 0.25) is 5.91 Å². The second kappa shape index (κ2) is 5.69. The van der Waals surface area contributed by atoms with E-state index >= 15 is 0 Å². The third-order valence-corrected chi connectivity index (χ3v) is 4.18. The molecule has 3 rings (SSSR count). The van der Waals surface area contributed by atoms with Crippen LogP contribution in [0.15, 0.2) is 16.7 Å². The van der Waals surface area contributed by atoms with Gasteiger partial charge in [-0.05, 0) is 34.8 Å². The minimum atomic E-state index is 0.109. The predicted octanol–water partition coefficient (Wildman–Crippen LogP) is 2.56. The van der Waals surface area contributed by atoms with Crippen LogP contribution in [0.25, 0.3) is 11.2 Å². The zero-order valence-corrected chi connectivity index (χ0v) is 13.2. The van der Waals surface area contributed by atoms with Crippen molar-refractivity contribution in [3.8, 4) is 0 Å². The van der Waals surface area contributed by atoms with Crippen LogP contribution >= 0.6 is 27.5 Å². The van der Waals surface area contributed by atoms with Crippen LogP contribution in [0, 0.1) is 0 Å². The molecule has 3 heterocycles. The van der Waals surface area contributed by atoms with Gasteiger partial charge in [-0.15, -0.1) is 11.6 Å². The highest BCUT2D eigenvalue weighted by molar-refractivity contribution is 9.10. The molecule has 1 aliphatic heterocycles. The summed E-state index contributed by atoms with van der Waals surface area (Å²) in [6, 6.07) is 1.88. The largest absolute Gasteiger partial charge is 0.341 e. The zero-order valence-electron chi connectivity index (χ0n) is 10.9. The number of aromatic nitrogens is 3. The van der Waals surface area contributed by atoms with Gasteiger partial charge in [-0.3, -0.25) is 4.79 Å². The number of pyridine rings is 1. The first-order chi connectivity index (χ1) is 9.69. The second-order valence-electron chi connectivity index (χ2n) is 4.83. The molecule has 2 aromatic rings. The molecule has 0 aliphatic carbocycles. The molecule has 106 valence electrons. The topological polar surface area (TPSA) is 51.0 Å². The standard InChI is InChI=1S/C13H14BrClN4O/c14-9-5-10-13(16-7-9)19(11(6-15)17-10)8-12(20)18-3-1-2-4-18/h5,7H,1-4,6,8H2. The van der Waals surface area contributed by atoms with Gasteiger partial charge in [0.25, 0.3) is 0 Å². The Morgan fingerprint density at radius 3 is 2.85 bits per heavy atom. The van der Waals surface area contributed by atoms with E-state index in [-0.39, 0.29) is 18.3 Å². The number of halogens is 2. The van der Waals surface area contributed by atoms with Crippen molar-refractivity contribution in [2.75, 3.05) is 13.1 Å². The highest BCUT2D eigenvalue weighted by atomic mass is 79.9. The van der Waals surface area contributed by atoms with Crippen LogP contribution in [0.2, 0.25) is 0 Å². The molecule has 1 fully saturated rings. The van der Waals surface area contributed by atoms with Gasteiger partial charge in [-0.2, -0.15) is 0 Å². The molecule has 0 atom stereocenters. The van der Waals surface area contributed by atoms with Crippen molar-refractivity contribution < 1.29 is 4.79 Å². The minimum absolute atomic E-state index is 0.109. The van der Waals surface area contributed by atoms with E-state index < -0.39 is 0 Å². The maximum absolute atomic E-state index is 12.3. The molecule has 1 amide bonds. The number of amides is 1. The van der Waals surface area contributed by atoms with E-state index in [4.69, 9.17) is 11.6 Å². The number of nitrogens with zero attached hydrogens (tertiary/aromatic N) is 4. The molecule has 7 heteroatoms. The lowest BCUT2D eigenvalue weighted by Crippen LogP contribution is -2.31. The quantitative estimate of drug-likeness (QED) is 0.793. The number of carbonyl (C=O) groups excluding carboxylic acids is 1. The summed E-state index contributed by atoms with van der Waals surface area (Å²) in [5, 5.41) is 0. The van der Waals surface area contributed by atoms with E-state index in [1.807, 2.05) is 15.5 Å². The van der Waals surface area contributed by atoms with Crippen molar-refractivity contribution in [2.45, 2.75) is 25.3 Å². The highest BCUT2D eigenvalue weighted by Gasteiger charge is 2.21. The normalized spacial score (nSPS) is 15.2. The smallest absolute Gasteiger partial charge is 0.242 e. The first-order valence-electron chi connectivity index (χ1n) is 6.53. The molecule has 1 aliphatic rings. The number of hydrogen-bond acceptors (Lipinski definition) is 3. The van der Waals surface area contributed by atoms with Crippen molar-refractivity contribution in [3.05, 3.63) is 22.6 Å². The summed E-state index contributed by atoms with van der Waals surface area (Å²) in [7, 11) is 0. The minimum Gasteiger partial charge on any atom is -0.341 e. The van der Waals surface area contributed by atoms with E-state index in [2.05, 4.69) is 25.9 Å². The van der Waals surface area contributed by atoms with Crippen LogP contribution in [0.1, 0.15) is 18.7 Å². The van der Waals surface area contributed by atoms with Crippen LogP contribution in [0.4, 0.5) is 0 Å². The Bertz CT molecular complexity index is 651. The Morgan fingerprint density at radius 2 is 2.15 bits per heavy atom. The van der Waals surface area contributed by atoms with Gasteiger partial charge < -0.3 is 9.47 Å². The highest BCUT2D eigenvalue weighted by Crippen LogP contribution is 2.20. The van der Waals surface area contributed by atoms with E-state index in [9.17, 15) is 4.79 Å². The zero-order chi connectivity index (χ0) is 14.1. The lowest BCUT2D eigenvalue weighted by atomic mass is 10.4. The maximum Gasteiger partial charge on any atom is 0.242 e. The average molecular weight is 358 g/mol. The number of carbonyl (C=O) groups is 1. The van der Waals surface area contributed by atoms with Gasteiger partial charge in [0.05, 0.1) is 5.88 Å². The van der Waals surface area contributed by atoms with E-state index in [1.54, 1.807) is 6.20 Å². The molecule has 0 bridgehead atoms. The van der Waals surface area contributed by atoms with Crippen molar-refractivity contribution in [3.63, 3.8) is 0 Å². The average Bonchev–Trinajstić information content (AvgIpc) is 3.06. The van der Waals surface area contributed by atoms with Crippen molar-refractivity contribution in [2.24, 2.45) is 0 Å². The van der Waals surface area contributed by atoms with E-state index in [0.29, 0.717) is 11.5 Å². The summed E-state index contributed by atoms with van der Waals surface area (Å²) in [5.74, 6) is 1.05. The number of hydrogen-bond donors (Lipinski definition) is 0. The summed E-state index contributed by atoms with van der Waals surface area (Å²) < 4.78 is 2.68. The number of alkyl halides is 1. The van der Waals surface area contributed by atoms with Crippen LogP contribution in [-0.4, -0.2) is 38.4 Å². The van der Waals surface area contributed by atoms with Gasteiger partial charge in [-0.1, -0.05) is 0 Å². The van der Waals surface area contributed by atoms with Gasteiger partial charge >= 0.3 is 0 Å². The Kier molecular flexibility index (Phi) is 3.94. The first kappa shape index (κ1) is 13.8. The van der Waals surface area contributed by atoms with E-state index in [0.717, 1.165) is 35.9 Å². The molecule has 0 N–H and O–H groups in total. The summed E-state index contributed by atoms with van der Waals surface area (Å²) in [5.41, 5.74) is 1.46. The van der Waals surface area contributed by atoms with E-state index in [1.165, 1.54) is 0 Å². The molecule has 2 aromatic heterocycles. The predicted molar refractivity (Wildman–Crippen MR) is 80.6 cm³/mol. The molecular weight excluding hydrogens is 344 g/mol. The Balaban J connectivity index is 1.94. The monoisotopic (exact) mass is 356 g/mol. The molecular formula is C13H14BrClN4O. The van der Waals surface area contributed by atoms with Crippen molar-refractivity contribution in [1.82, 2.24) is 19.4 Å². The van der Waals surface area contributed by atoms with Crippen LogP contribution < -0.4 is 0 Å². The van der Waals surface area contributed by atoms with Crippen LogP contribution in [-0.2, 0) is 17.2 Å². The van der Waals surface area contributed by atoms with Crippen molar-refractivity contribution >= 4 is 44.6 Å². The number of rotatable bonds is 3. The Morgan fingerprint density at radius 1 is 1.40 bits per heavy atom. The summed E-state index contributed by atoms with van der Waals surface area (Å²) >= 11 is 9.31. The molecule has 20 heavy (non-hydrogen) atoms. The first-order valence-corrected chi connectivity index (χ1v) is 7.86. The molecule has 0 radical (unpaired) electrons. The molecule has 5 nitrogen and oxygen atoms in total. The molecule has 0 saturated carbocycles. The van der Waals surface area contributed by atoms with Gasteiger partial charge in [-0.25, -0.2) is 9.97 Å². The number of imidazole rings is 1. The third-order valence-electron chi connectivity index (χ3n) is 3.50. The summed E-state index contributed by atoms with van der Waals surface area (Å²) in [6.45, 7) is 1.95. The van der Waals surface area contributed by atoms with Gasteiger partial charge in [0.1, 0.15) is 17.9 Å². The number of likely N-dealkylation sites (tertiary alicyclic amines) is 1. The van der Waals surface area contributed by atoms with Gasteiger partial charge in [0.15, 0.2) is 5.65 Å². The summed E-state index contributed by atoms with van der Waals surface area (Å²) in [6.07, 6.45) is 3.88. The fourth-order valence-electron chi connectivity index (χ4n) is 2.50. The fourth-order valence-corrected chi connectivity index (χ4v) is 3.03.